The van der Waals surface area contributed by atoms with Crippen LogP contribution in [0.4, 0.5) is 11.5 Å². The number of nitrogens with one attached hydrogen (secondary N) is 2. The molecule has 22 heavy (non-hydrogen) atoms. The summed E-state index contributed by atoms with van der Waals surface area (Å²) in [7, 11) is 0. The van der Waals surface area contributed by atoms with Gasteiger partial charge >= 0.3 is 0 Å². The van der Waals surface area contributed by atoms with E-state index in [-0.39, 0.29) is 11.9 Å². The Kier molecular flexibility index (Phi) is 6.15. The lowest BCUT2D eigenvalue weighted by Gasteiger charge is -2.36. The van der Waals surface area contributed by atoms with Crippen LogP contribution in [0.2, 0.25) is 0 Å². The lowest BCUT2D eigenvalue weighted by molar-refractivity contribution is -0.114. The highest BCUT2D eigenvalue weighted by atomic mass is 16.1. The van der Waals surface area contributed by atoms with Crippen LogP contribution in [-0.4, -0.2) is 42.6 Å². The summed E-state index contributed by atoms with van der Waals surface area (Å²) in [5, 5.41) is 6.10. The van der Waals surface area contributed by atoms with Crippen molar-refractivity contribution >= 4 is 17.4 Å². The van der Waals surface area contributed by atoms with E-state index in [4.69, 9.17) is 5.73 Å². The summed E-state index contributed by atoms with van der Waals surface area (Å²) in [6, 6.07) is 4.60. The van der Waals surface area contributed by atoms with Gasteiger partial charge in [-0.15, -0.1) is 0 Å². The maximum atomic E-state index is 11.1. The molecule has 0 spiro atoms. The Morgan fingerprint density at radius 2 is 2.23 bits per heavy atom. The van der Waals surface area contributed by atoms with E-state index in [1.54, 1.807) is 0 Å². The van der Waals surface area contributed by atoms with Crippen LogP contribution in [0.15, 0.2) is 18.3 Å². The Morgan fingerprint density at radius 1 is 1.50 bits per heavy atom. The number of hydrogen-bond acceptors (Lipinski definition) is 5. The van der Waals surface area contributed by atoms with Gasteiger partial charge in [0.1, 0.15) is 5.82 Å². The summed E-state index contributed by atoms with van der Waals surface area (Å²) in [4.78, 5) is 17.8. The van der Waals surface area contributed by atoms with Gasteiger partial charge in [-0.3, -0.25) is 4.79 Å². The third-order valence-electron chi connectivity index (χ3n) is 3.96. The fourth-order valence-electron chi connectivity index (χ4n) is 2.79. The van der Waals surface area contributed by atoms with Crippen LogP contribution < -0.4 is 21.3 Å². The van der Waals surface area contributed by atoms with E-state index in [1.165, 1.54) is 6.92 Å². The van der Waals surface area contributed by atoms with Crippen molar-refractivity contribution in [2.45, 2.75) is 45.2 Å². The molecule has 0 bridgehead atoms. The number of pyridine rings is 1. The molecule has 1 aliphatic heterocycles. The Bertz CT molecular complexity index is 468. The molecule has 1 atom stereocenters. The molecule has 122 valence electrons. The number of carbonyl (C=O) groups is 1. The average Bonchev–Trinajstić information content (AvgIpc) is 2.49. The Balaban J connectivity index is 2.10. The Labute approximate surface area is 132 Å². The quantitative estimate of drug-likeness (QED) is 0.738. The summed E-state index contributed by atoms with van der Waals surface area (Å²) in [6.45, 7) is 6.56. The maximum Gasteiger partial charge on any atom is 0.222 e. The number of nitrogens with zero attached hydrogens (tertiary/aromatic N) is 2. The van der Waals surface area contributed by atoms with Crippen molar-refractivity contribution < 1.29 is 4.79 Å². The molecule has 4 N–H and O–H groups in total. The molecule has 0 aromatic carbocycles. The minimum Gasteiger partial charge on any atom is -0.367 e. The lowest BCUT2D eigenvalue weighted by Crippen LogP contribution is -2.44. The molecule has 1 saturated heterocycles. The molecule has 6 heteroatoms. The molecular weight excluding hydrogens is 278 g/mol. The SMILES string of the molecule is CC(=O)Nc1ccc(N(CC[C@@H](C)N)C2CCNCC2)cn1. The van der Waals surface area contributed by atoms with Gasteiger partial charge in [-0.2, -0.15) is 0 Å². The van der Waals surface area contributed by atoms with Crippen molar-refractivity contribution in [2.75, 3.05) is 29.9 Å². The van der Waals surface area contributed by atoms with Gasteiger partial charge < -0.3 is 21.3 Å². The minimum atomic E-state index is -0.104. The summed E-state index contributed by atoms with van der Waals surface area (Å²) in [5.41, 5.74) is 7.02. The smallest absolute Gasteiger partial charge is 0.222 e. The highest BCUT2D eigenvalue weighted by molar-refractivity contribution is 5.87. The molecule has 0 radical (unpaired) electrons. The number of aromatic nitrogens is 1. The first-order valence-corrected chi connectivity index (χ1v) is 8.03. The first-order valence-electron chi connectivity index (χ1n) is 8.03. The zero-order valence-electron chi connectivity index (χ0n) is 13.5. The van der Waals surface area contributed by atoms with Crippen molar-refractivity contribution in [1.29, 1.82) is 0 Å². The number of hydrogen-bond donors (Lipinski definition) is 3. The third-order valence-corrected chi connectivity index (χ3v) is 3.96. The van der Waals surface area contributed by atoms with E-state index in [9.17, 15) is 4.79 Å². The van der Waals surface area contributed by atoms with Gasteiger partial charge in [0.15, 0.2) is 0 Å². The van der Waals surface area contributed by atoms with Gasteiger partial charge in [0.25, 0.3) is 0 Å². The van der Waals surface area contributed by atoms with Crippen LogP contribution in [-0.2, 0) is 4.79 Å². The lowest BCUT2D eigenvalue weighted by atomic mass is 10.0. The molecular formula is C16H27N5O. The molecule has 6 nitrogen and oxygen atoms in total. The van der Waals surface area contributed by atoms with Crippen LogP contribution in [0, 0.1) is 0 Å². The number of anilines is 2. The van der Waals surface area contributed by atoms with E-state index in [0.29, 0.717) is 11.9 Å². The number of piperidine rings is 1. The van der Waals surface area contributed by atoms with Gasteiger partial charge in [0.05, 0.1) is 11.9 Å². The largest absolute Gasteiger partial charge is 0.367 e. The summed E-state index contributed by atoms with van der Waals surface area (Å²) in [5.74, 6) is 0.487. The van der Waals surface area contributed by atoms with Gasteiger partial charge in [0, 0.05) is 25.6 Å². The molecule has 2 rings (SSSR count). The number of nitrogens with two attached hydrogens (primary N) is 1. The fourth-order valence-corrected chi connectivity index (χ4v) is 2.79. The molecule has 0 saturated carbocycles. The van der Waals surface area contributed by atoms with Crippen molar-refractivity contribution in [2.24, 2.45) is 5.73 Å². The van der Waals surface area contributed by atoms with Crippen molar-refractivity contribution in [1.82, 2.24) is 10.3 Å². The Morgan fingerprint density at radius 3 is 2.77 bits per heavy atom. The second-order valence-electron chi connectivity index (χ2n) is 6.02. The summed E-state index contributed by atoms with van der Waals surface area (Å²) in [6.07, 6.45) is 5.06. The van der Waals surface area contributed by atoms with Crippen LogP contribution in [0.3, 0.4) is 0 Å². The Hall–Kier alpha value is -1.66. The van der Waals surface area contributed by atoms with E-state index in [0.717, 1.165) is 44.6 Å². The van der Waals surface area contributed by atoms with Crippen LogP contribution >= 0.6 is 0 Å². The zero-order chi connectivity index (χ0) is 15.9. The fraction of sp³-hybridized carbons (Fsp3) is 0.625. The monoisotopic (exact) mass is 305 g/mol. The second kappa shape index (κ2) is 8.10. The highest BCUT2D eigenvalue weighted by Crippen LogP contribution is 2.22. The molecule has 1 aromatic rings. The normalized spacial score (nSPS) is 17.0. The van der Waals surface area contributed by atoms with Gasteiger partial charge in [-0.1, -0.05) is 0 Å². The molecule has 1 amide bonds. The predicted octanol–water partition coefficient (Wildman–Crippen LogP) is 1.34. The third kappa shape index (κ3) is 4.96. The summed E-state index contributed by atoms with van der Waals surface area (Å²) >= 11 is 0. The minimum absolute atomic E-state index is 0.104. The van der Waals surface area contributed by atoms with E-state index in [1.807, 2.05) is 25.3 Å². The molecule has 1 aromatic heterocycles. The van der Waals surface area contributed by atoms with E-state index in [2.05, 4.69) is 20.5 Å². The van der Waals surface area contributed by atoms with Gasteiger partial charge in [-0.05, 0) is 51.4 Å². The van der Waals surface area contributed by atoms with Crippen LogP contribution in [0.5, 0.6) is 0 Å². The standard InChI is InChI=1S/C16H27N5O/c1-12(17)7-10-21(14-5-8-18-9-6-14)15-3-4-16(19-11-15)20-13(2)22/h3-4,11-12,14,18H,5-10,17H2,1-2H3,(H,19,20,22)/t12-/m1/s1. The molecule has 2 heterocycles. The van der Waals surface area contributed by atoms with Crippen LogP contribution in [0.1, 0.15) is 33.1 Å². The summed E-state index contributed by atoms with van der Waals surface area (Å²) < 4.78 is 0. The number of carbonyl (C=O) groups excluding carboxylic acids is 1. The van der Waals surface area contributed by atoms with Gasteiger partial charge in [-0.25, -0.2) is 4.98 Å². The number of rotatable bonds is 6. The predicted molar refractivity (Wildman–Crippen MR) is 90.0 cm³/mol. The van der Waals surface area contributed by atoms with Crippen LogP contribution in [0.25, 0.3) is 0 Å². The van der Waals surface area contributed by atoms with Crippen molar-refractivity contribution in [3.63, 3.8) is 0 Å². The first kappa shape index (κ1) is 16.7. The van der Waals surface area contributed by atoms with Gasteiger partial charge in [0.2, 0.25) is 5.91 Å². The molecule has 0 aliphatic carbocycles. The van der Waals surface area contributed by atoms with Crippen molar-refractivity contribution in [3.8, 4) is 0 Å². The molecule has 1 fully saturated rings. The van der Waals surface area contributed by atoms with E-state index >= 15 is 0 Å². The molecule has 1 aliphatic rings. The highest BCUT2D eigenvalue weighted by Gasteiger charge is 2.21. The second-order valence-corrected chi connectivity index (χ2v) is 6.02. The zero-order valence-corrected chi connectivity index (χ0v) is 13.5. The maximum absolute atomic E-state index is 11.1. The average molecular weight is 305 g/mol. The number of amides is 1. The first-order chi connectivity index (χ1) is 10.6. The van der Waals surface area contributed by atoms with Crippen molar-refractivity contribution in [3.05, 3.63) is 18.3 Å². The van der Waals surface area contributed by atoms with E-state index < -0.39 is 0 Å². The topological polar surface area (TPSA) is 83.3 Å². The molecule has 0 unspecified atom stereocenters.